The van der Waals surface area contributed by atoms with Gasteiger partial charge in [0.25, 0.3) is 0 Å². The summed E-state index contributed by atoms with van der Waals surface area (Å²) in [4.78, 5) is 11.8. The maximum atomic E-state index is 13.4. The Morgan fingerprint density at radius 1 is 1.18 bits per heavy atom. The average Bonchev–Trinajstić information content (AvgIpc) is 2.28. The molecule has 2 rings (SSSR count). The highest BCUT2D eigenvalue weighted by atomic mass is 19.1. The Bertz CT molecular complexity index is 416. The van der Waals surface area contributed by atoms with Crippen molar-refractivity contribution in [3.8, 4) is 0 Å². The maximum Gasteiger partial charge on any atom is 0.197 e. The zero-order valence-corrected chi connectivity index (χ0v) is 9.01. The molecule has 0 aromatic heterocycles. The quantitative estimate of drug-likeness (QED) is 0.748. The monoisotopic (exact) mass is 244 g/mol. The van der Waals surface area contributed by atoms with Crippen LogP contribution < -0.4 is 0 Å². The normalized spacial score (nSPS) is 20.3. The molecule has 0 saturated carbocycles. The molecule has 1 aromatic rings. The zero-order valence-electron chi connectivity index (χ0n) is 9.01. The van der Waals surface area contributed by atoms with Crippen LogP contribution in [0, 0.1) is 17.5 Å². The number of halogens is 3. The van der Waals surface area contributed by atoms with E-state index in [-0.39, 0.29) is 0 Å². The topological polar surface area (TPSA) is 26.3 Å². The van der Waals surface area contributed by atoms with Gasteiger partial charge >= 0.3 is 0 Å². The number of ketones is 1. The molecule has 17 heavy (non-hydrogen) atoms. The van der Waals surface area contributed by atoms with Crippen LogP contribution in [0.2, 0.25) is 0 Å². The lowest BCUT2D eigenvalue weighted by atomic mass is 9.99. The lowest BCUT2D eigenvalue weighted by Gasteiger charge is -2.21. The Morgan fingerprint density at radius 3 is 2.35 bits per heavy atom. The molecule has 1 aliphatic rings. The number of benzene rings is 1. The van der Waals surface area contributed by atoms with Crippen molar-refractivity contribution >= 4 is 5.78 Å². The molecule has 1 unspecified atom stereocenters. The Balaban J connectivity index is 2.30. The van der Waals surface area contributed by atoms with E-state index < -0.39 is 34.9 Å². The van der Waals surface area contributed by atoms with Gasteiger partial charge in [0.1, 0.15) is 23.6 Å². The number of rotatable bonds is 2. The van der Waals surface area contributed by atoms with Crippen molar-refractivity contribution in [2.75, 3.05) is 6.61 Å². The minimum Gasteiger partial charge on any atom is -0.370 e. The van der Waals surface area contributed by atoms with E-state index in [9.17, 15) is 18.0 Å². The van der Waals surface area contributed by atoms with Crippen LogP contribution >= 0.6 is 0 Å². The molecule has 1 saturated heterocycles. The van der Waals surface area contributed by atoms with Gasteiger partial charge < -0.3 is 4.74 Å². The van der Waals surface area contributed by atoms with Crippen LogP contribution in [-0.4, -0.2) is 18.5 Å². The van der Waals surface area contributed by atoms with Gasteiger partial charge in [-0.3, -0.25) is 4.79 Å². The van der Waals surface area contributed by atoms with Crippen LogP contribution in [-0.2, 0) is 4.74 Å². The fourth-order valence-electron chi connectivity index (χ4n) is 1.89. The van der Waals surface area contributed by atoms with Crippen LogP contribution in [0.1, 0.15) is 29.6 Å². The maximum absolute atomic E-state index is 13.4. The summed E-state index contributed by atoms with van der Waals surface area (Å²) in [6.45, 7) is 0.404. The van der Waals surface area contributed by atoms with E-state index in [1.807, 2.05) is 0 Å². The molecule has 1 fully saturated rings. The summed E-state index contributed by atoms with van der Waals surface area (Å²) >= 11 is 0. The van der Waals surface area contributed by atoms with E-state index in [4.69, 9.17) is 4.74 Å². The number of Topliss-reactive ketones (excluding diaryl/α,β-unsaturated/α-hetero) is 1. The predicted octanol–water partition coefficient (Wildman–Crippen LogP) is 2.86. The molecule has 1 atom stereocenters. The molecule has 92 valence electrons. The summed E-state index contributed by atoms with van der Waals surface area (Å²) in [5.74, 6) is -4.15. The molecule has 1 heterocycles. The molecule has 2 nitrogen and oxygen atoms in total. The first-order valence-corrected chi connectivity index (χ1v) is 5.40. The van der Waals surface area contributed by atoms with Crippen molar-refractivity contribution in [3.05, 3.63) is 35.1 Å². The molecule has 0 N–H and O–H groups in total. The predicted molar refractivity (Wildman–Crippen MR) is 54.2 cm³/mol. The average molecular weight is 244 g/mol. The van der Waals surface area contributed by atoms with E-state index in [0.29, 0.717) is 25.2 Å². The van der Waals surface area contributed by atoms with Crippen LogP contribution in [0.3, 0.4) is 0 Å². The highest BCUT2D eigenvalue weighted by Gasteiger charge is 2.28. The fourth-order valence-corrected chi connectivity index (χ4v) is 1.89. The SMILES string of the molecule is O=C(c1c(F)cc(F)cc1F)C1CCCCO1. The van der Waals surface area contributed by atoms with Crippen LogP contribution in [0.5, 0.6) is 0 Å². The van der Waals surface area contributed by atoms with E-state index in [2.05, 4.69) is 0 Å². The van der Waals surface area contributed by atoms with Gasteiger partial charge in [-0.25, -0.2) is 13.2 Å². The van der Waals surface area contributed by atoms with Gasteiger partial charge in [-0.2, -0.15) is 0 Å². The highest BCUT2D eigenvalue weighted by molar-refractivity contribution is 6.00. The third kappa shape index (κ3) is 2.49. The number of hydrogen-bond acceptors (Lipinski definition) is 2. The zero-order chi connectivity index (χ0) is 12.4. The van der Waals surface area contributed by atoms with Gasteiger partial charge in [0.15, 0.2) is 5.78 Å². The Morgan fingerprint density at radius 2 is 1.82 bits per heavy atom. The van der Waals surface area contributed by atoms with Crippen molar-refractivity contribution < 1.29 is 22.7 Å². The summed E-state index contributed by atoms with van der Waals surface area (Å²) in [5.41, 5.74) is -0.710. The molecular formula is C12H11F3O2. The lowest BCUT2D eigenvalue weighted by Crippen LogP contribution is -2.29. The second-order valence-electron chi connectivity index (χ2n) is 3.96. The summed E-state index contributed by atoms with van der Waals surface area (Å²) in [5, 5.41) is 0. The summed E-state index contributed by atoms with van der Waals surface area (Å²) < 4.78 is 44.6. The van der Waals surface area contributed by atoms with Crippen LogP contribution in [0.4, 0.5) is 13.2 Å². The second-order valence-corrected chi connectivity index (χ2v) is 3.96. The molecule has 0 radical (unpaired) electrons. The standard InChI is InChI=1S/C12H11F3O2/c13-7-5-8(14)11(9(15)6-7)12(16)10-3-1-2-4-17-10/h5-6,10H,1-4H2. The van der Waals surface area contributed by atoms with Crippen LogP contribution in [0.15, 0.2) is 12.1 Å². The van der Waals surface area contributed by atoms with E-state index in [1.54, 1.807) is 0 Å². The number of carbonyl (C=O) groups is 1. The van der Waals surface area contributed by atoms with E-state index >= 15 is 0 Å². The first-order valence-electron chi connectivity index (χ1n) is 5.40. The van der Waals surface area contributed by atoms with E-state index in [0.717, 1.165) is 12.8 Å². The highest BCUT2D eigenvalue weighted by Crippen LogP contribution is 2.22. The first kappa shape index (κ1) is 12.1. The Kier molecular flexibility index (Phi) is 3.47. The molecule has 0 amide bonds. The van der Waals surface area contributed by atoms with Gasteiger partial charge in [-0.15, -0.1) is 0 Å². The molecule has 1 aliphatic heterocycles. The third-order valence-corrected chi connectivity index (χ3v) is 2.73. The van der Waals surface area contributed by atoms with Crippen LogP contribution in [0.25, 0.3) is 0 Å². The van der Waals surface area contributed by atoms with Gasteiger partial charge in [0, 0.05) is 18.7 Å². The molecule has 5 heteroatoms. The molecule has 0 aliphatic carbocycles. The van der Waals surface area contributed by atoms with Crippen molar-refractivity contribution in [2.24, 2.45) is 0 Å². The molecule has 0 spiro atoms. The van der Waals surface area contributed by atoms with E-state index in [1.165, 1.54) is 0 Å². The van der Waals surface area contributed by atoms with Gasteiger partial charge in [0.2, 0.25) is 0 Å². The molecular weight excluding hydrogens is 233 g/mol. The van der Waals surface area contributed by atoms with Crippen molar-refractivity contribution in [2.45, 2.75) is 25.4 Å². The summed E-state index contributed by atoms with van der Waals surface area (Å²) in [6, 6.07) is 0.998. The summed E-state index contributed by atoms with van der Waals surface area (Å²) in [6.07, 6.45) is 1.23. The summed E-state index contributed by atoms with van der Waals surface area (Å²) in [7, 11) is 0. The van der Waals surface area contributed by atoms with Gasteiger partial charge in [0.05, 0.1) is 5.56 Å². The van der Waals surface area contributed by atoms with Gasteiger partial charge in [-0.1, -0.05) is 0 Å². The third-order valence-electron chi connectivity index (χ3n) is 2.73. The minimum atomic E-state index is -1.18. The minimum absolute atomic E-state index is 0.404. The van der Waals surface area contributed by atoms with Crippen molar-refractivity contribution in [1.29, 1.82) is 0 Å². The second kappa shape index (κ2) is 4.87. The largest absolute Gasteiger partial charge is 0.370 e. The molecule has 0 bridgehead atoms. The number of hydrogen-bond donors (Lipinski definition) is 0. The van der Waals surface area contributed by atoms with Crippen molar-refractivity contribution in [3.63, 3.8) is 0 Å². The van der Waals surface area contributed by atoms with Gasteiger partial charge in [-0.05, 0) is 19.3 Å². The van der Waals surface area contributed by atoms with Crippen molar-refractivity contribution in [1.82, 2.24) is 0 Å². The lowest BCUT2D eigenvalue weighted by molar-refractivity contribution is 0.0180. The smallest absolute Gasteiger partial charge is 0.197 e. The molecule has 1 aromatic carbocycles. The number of carbonyl (C=O) groups excluding carboxylic acids is 1. The first-order chi connectivity index (χ1) is 8.09. The Labute approximate surface area is 96.4 Å². The fraction of sp³-hybridized carbons (Fsp3) is 0.417. The Hall–Kier alpha value is -1.36. The number of ether oxygens (including phenoxy) is 1.